The molecule has 3 aromatic rings. The molecule has 0 saturated carbocycles. The Hall–Kier alpha value is -2.63. The first-order valence-electron chi connectivity index (χ1n) is 9.34. The van der Waals surface area contributed by atoms with Crippen molar-refractivity contribution in [1.29, 1.82) is 0 Å². The third kappa shape index (κ3) is 4.43. The maximum absolute atomic E-state index is 12.8. The van der Waals surface area contributed by atoms with E-state index in [1.165, 1.54) is 5.56 Å². The molecule has 1 fully saturated rings. The average Bonchev–Trinajstić information content (AvgIpc) is 3.19. The largest absolute Gasteiger partial charge is 0.436 e. The van der Waals surface area contributed by atoms with Gasteiger partial charge in [-0.2, -0.15) is 0 Å². The Morgan fingerprint density at radius 1 is 1.18 bits per heavy atom. The second-order valence-electron chi connectivity index (χ2n) is 6.96. The molecular weight excluding hydrogens is 374 g/mol. The van der Waals surface area contributed by atoms with Crippen LogP contribution in [0.15, 0.2) is 59.1 Å². The number of oxazole rings is 1. The number of benzene rings is 2. The van der Waals surface area contributed by atoms with Gasteiger partial charge in [0.25, 0.3) is 5.91 Å². The van der Waals surface area contributed by atoms with Crippen LogP contribution < -0.4 is 10.6 Å². The molecule has 0 spiro atoms. The fourth-order valence-corrected chi connectivity index (χ4v) is 3.36. The smallest absolute Gasteiger partial charge is 0.252 e. The maximum Gasteiger partial charge on any atom is 0.252 e. The van der Waals surface area contributed by atoms with Crippen molar-refractivity contribution in [2.75, 3.05) is 13.1 Å². The molecule has 1 aliphatic heterocycles. The van der Waals surface area contributed by atoms with Crippen molar-refractivity contribution in [2.45, 2.75) is 25.8 Å². The normalized spacial score (nSPS) is 16.2. The van der Waals surface area contributed by atoms with Gasteiger partial charge in [0, 0.05) is 23.7 Å². The van der Waals surface area contributed by atoms with Crippen LogP contribution in [-0.2, 0) is 0 Å². The number of amides is 1. The lowest BCUT2D eigenvalue weighted by molar-refractivity contribution is 0.0931. The first kappa shape index (κ1) is 20.1. The molecule has 1 saturated heterocycles. The third-order valence-corrected chi connectivity index (χ3v) is 4.88. The van der Waals surface area contributed by atoms with Crippen LogP contribution in [0.5, 0.6) is 0 Å². The highest BCUT2D eigenvalue weighted by molar-refractivity contribution is 6.00. The highest BCUT2D eigenvalue weighted by Gasteiger charge is 2.20. The van der Waals surface area contributed by atoms with E-state index in [-0.39, 0.29) is 24.4 Å². The summed E-state index contributed by atoms with van der Waals surface area (Å²) in [7, 11) is 0. The van der Waals surface area contributed by atoms with Crippen molar-refractivity contribution in [3.05, 3.63) is 65.9 Å². The minimum absolute atomic E-state index is 0. The lowest BCUT2D eigenvalue weighted by Gasteiger charge is -2.24. The number of hydrogen-bond acceptors (Lipinski definition) is 4. The van der Waals surface area contributed by atoms with Gasteiger partial charge in [0.05, 0.1) is 11.8 Å². The predicted molar refractivity (Wildman–Crippen MR) is 113 cm³/mol. The van der Waals surface area contributed by atoms with Gasteiger partial charge >= 0.3 is 0 Å². The summed E-state index contributed by atoms with van der Waals surface area (Å²) in [5, 5.41) is 6.44. The summed E-state index contributed by atoms with van der Waals surface area (Å²) in [5.41, 5.74) is 3.45. The second kappa shape index (κ2) is 9.04. The number of carbonyl (C=O) groups excluding carboxylic acids is 1. The van der Waals surface area contributed by atoms with E-state index < -0.39 is 0 Å². The molecule has 2 aromatic carbocycles. The molecule has 5 nitrogen and oxygen atoms in total. The molecule has 2 N–H and O–H groups in total. The molecular formula is C22H24ClN3O2. The van der Waals surface area contributed by atoms with Crippen LogP contribution >= 0.6 is 12.4 Å². The van der Waals surface area contributed by atoms with Crippen molar-refractivity contribution in [2.24, 2.45) is 0 Å². The molecule has 28 heavy (non-hydrogen) atoms. The summed E-state index contributed by atoms with van der Waals surface area (Å²) in [5.74, 6) is 1.06. The van der Waals surface area contributed by atoms with Gasteiger partial charge in [-0.25, -0.2) is 4.98 Å². The summed E-state index contributed by atoms with van der Waals surface area (Å²) in [4.78, 5) is 17.2. The molecule has 0 bridgehead atoms. The van der Waals surface area contributed by atoms with E-state index in [4.69, 9.17) is 4.42 Å². The van der Waals surface area contributed by atoms with Crippen molar-refractivity contribution in [1.82, 2.24) is 15.6 Å². The van der Waals surface area contributed by atoms with Crippen LogP contribution in [0.2, 0.25) is 0 Å². The van der Waals surface area contributed by atoms with Crippen LogP contribution in [-0.4, -0.2) is 30.0 Å². The van der Waals surface area contributed by atoms with Crippen molar-refractivity contribution >= 4 is 18.3 Å². The number of aryl methyl sites for hydroxylation is 1. The Morgan fingerprint density at radius 2 is 1.96 bits per heavy atom. The van der Waals surface area contributed by atoms with E-state index in [0.29, 0.717) is 22.8 Å². The predicted octanol–water partition coefficient (Wildman–Crippen LogP) is 4.22. The van der Waals surface area contributed by atoms with Gasteiger partial charge in [0.15, 0.2) is 5.76 Å². The topological polar surface area (TPSA) is 67.2 Å². The van der Waals surface area contributed by atoms with Crippen LogP contribution in [0.1, 0.15) is 28.8 Å². The lowest BCUT2D eigenvalue weighted by atomic mass is 10.0. The minimum Gasteiger partial charge on any atom is -0.436 e. The molecule has 1 aliphatic rings. The van der Waals surface area contributed by atoms with Gasteiger partial charge in [-0.1, -0.05) is 42.0 Å². The Kier molecular flexibility index (Phi) is 6.49. The molecule has 0 radical (unpaired) electrons. The molecule has 1 amide bonds. The van der Waals surface area contributed by atoms with E-state index in [1.54, 1.807) is 6.20 Å². The molecule has 146 valence electrons. The van der Waals surface area contributed by atoms with Crippen LogP contribution in [0, 0.1) is 6.92 Å². The number of rotatable bonds is 4. The summed E-state index contributed by atoms with van der Waals surface area (Å²) in [6.45, 7) is 3.87. The van der Waals surface area contributed by atoms with E-state index in [9.17, 15) is 4.79 Å². The van der Waals surface area contributed by atoms with E-state index in [0.717, 1.165) is 31.5 Å². The van der Waals surface area contributed by atoms with Gasteiger partial charge in [0.1, 0.15) is 0 Å². The van der Waals surface area contributed by atoms with E-state index in [2.05, 4.69) is 15.6 Å². The monoisotopic (exact) mass is 397 g/mol. The number of carbonyl (C=O) groups is 1. The first-order chi connectivity index (χ1) is 13.2. The summed E-state index contributed by atoms with van der Waals surface area (Å²) in [6, 6.07) is 15.7. The number of nitrogens with zero attached hydrogens (tertiary/aromatic N) is 1. The number of aromatic nitrogens is 1. The quantitative estimate of drug-likeness (QED) is 0.691. The third-order valence-electron chi connectivity index (χ3n) is 4.88. The molecule has 6 heteroatoms. The van der Waals surface area contributed by atoms with Crippen LogP contribution in [0.25, 0.3) is 22.8 Å². The number of nitrogens with one attached hydrogen (secondary N) is 2. The van der Waals surface area contributed by atoms with E-state index in [1.807, 2.05) is 55.5 Å². The second-order valence-corrected chi connectivity index (χ2v) is 6.96. The highest BCUT2D eigenvalue weighted by atomic mass is 35.5. The zero-order chi connectivity index (χ0) is 18.6. The average molecular weight is 398 g/mol. The lowest BCUT2D eigenvalue weighted by Crippen LogP contribution is -2.45. The first-order valence-corrected chi connectivity index (χ1v) is 9.34. The zero-order valence-corrected chi connectivity index (χ0v) is 16.6. The number of piperidine rings is 1. The van der Waals surface area contributed by atoms with Gasteiger partial charge in [0.2, 0.25) is 5.89 Å². The molecule has 2 heterocycles. The van der Waals surface area contributed by atoms with Gasteiger partial charge < -0.3 is 15.1 Å². The summed E-state index contributed by atoms with van der Waals surface area (Å²) < 4.78 is 5.97. The fraction of sp³-hybridized carbons (Fsp3) is 0.273. The van der Waals surface area contributed by atoms with Crippen LogP contribution in [0.4, 0.5) is 0 Å². The van der Waals surface area contributed by atoms with E-state index >= 15 is 0 Å². The van der Waals surface area contributed by atoms with Gasteiger partial charge in [-0.3, -0.25) is 4.79 Å². The number of hydrogen-bond donors (Lipinski definition) is 2. The summed E-state index contributed by atoms with van der Waals surface area (Å²) in [6.07, 6.45) is 3.78. The van der Waals surface area contributed by atoms with Crippen molar-refractivity contribution in [3.63, 3.8) is 0 Å². The molecule has 1 aromatic heterocycles. The molecule has 0 aliphatic carbocycles. The number of halogens is 1. The van der Waals surface area contributed by atoms with Gasteiger partial charge in [-0.05, 0) is 38.4 Å². The Morgan fingerprint density at radius 3 is 2.71 bits per heavy atom. The zero-order valence-electron chi connectivity index (χ0n) is 15.8. The molecule has 1 atom stereocenters. The van der Waals surface area contributed by atoms with Crippen LogP contribution in [0.3, 0.4) is 0 Å². The highest BCUT2D eigenvalue weighted by Crippen LogP contribution is 2.28. The standard InChI is InChI=1S/C22H23N3O2.ClH/c1-15-8-10-16(11-9-15)20-14-24-22(27-20)19-7-3-2-6-18(19)21(26)25-17-5-4-12-23-13-17;/h2-3,6-11,14,17,23H,4-5,12-13H2,1H3,(H,25,26);1H/t17-;/m0./s1. The van der Waals surface area contributed by atoms with Crippen molar-refractivity contribution < 1.29 is 9.21 Å². The maximum atomic E-state index is 12.8. The molecule has 4 rings (SSSR count). The Bertz CT molecular complexity index is 931. The SMILES string of the molecule is Cc1ccc(-c2cnc(-c3ccccc3C(=O)N[C@H]3CCCNC3)o2)cc1.Cl. The summed E-state index contributed by atoms with van der Waals surface area (Å²) >= 11 is 0. The fourth-order valence-electron chi connectivity index (χ4n) is 3.36. The van der Waals surface area contributed by atoms with Gasteiger partial charge in [-0.15, -0.1) is 12.4 Å². The Labute approximate surface area is 171 Å². The van der Waals surface area contributed by atoms with Crippen molar-refractivity contribution in [3.8, 4) is 22.8 Å². The Balaban J connectivity index is 0.00000225. The minimum atomic E-state index is -0.0885. The molecule has 0 unspecified atom stereocenters.